The van der Waals surface area contributed by atoms with E-state index in [-0.39, 0.29) is 11.9 Å². The van der Waals surface area contributed by atoms with Crippen molar-refractivity contribution in [1.29, 1.82) is 0 Å². The Bertz CT molecular complexity index is 866. The smallest absolute Gasteiger partial charge is 0.278 e. The van der Waals surface area contributed by atoms with E-state index < -0.39 is 0 Å². The zero-order chi connectivity index (χ0) is 21.6. The summed E-state index contributed by atoms with van der Waals surface area (Å²) in [6.45, 7) is 10.4. The van der Waals surface area contributed by atoms with Crippen molar-refractivity contribution in [3.05, 3.63) is 59.7 Å². The van der Waals surface area contributed by atoms with Gasteiger partial charge in [0.15, 0.2) is 17.5 Å². The largest absolute Gasteiger partial charge is 0.454 e. The molecule has 1 fully saturated rings. The highest BCUT2D eigenvalue weighted by Crippen LogP contribution is 2.32. The van der Waals surface area contributed by atoms with Crippen molar-refractivity contribution in [2.45, 2.75) is 38.8 Å². The van der Waals surface area contributed by atoms with Gasteiger partial charge < -0.3 is 24.6 Å². The van der Waals surface area contributed by atoms with Gasteiger partial charge in [0.1, 0.15) is 32.7 Å². The fourth-order valence-electron chi connectivity index (χ4n) is 4.66. The van der Waals surface area contributed by atoms with Gasteiger partial charge in [0, 0.05) is 18.0 Å². The second-order valence-electron chi connectivity index (χ2n) is 8.76. The molecule has 31 heavy (non-hydrogen) atoms. The molecule has 0 unspecified atom stereocenters. The molecule has 2 atom stereocenters. The second kappa shape index (κ2) is 10.2. The Balaban J connectivity index is 1.23. The van der Waals surface area contributed by atoms with Crippen LogP contribution in [0.1, 0.15) is 37.3 Å². The minimum absolute atomic E-state index is 0.0135. The molecule has 1 amide bonds. The molecule has 0 saturated carbocycles. The zero-order valence-corrected chi connectivity index (χ0v) is 18.7. The van der Waals surface area contributed by atoms with Crippen LogP contribution >= 0.6 is 0 Å². The van der Waals surface area contributed by atoms with Crippen LogP contribution in [0.5, 0.6) is 11.5 Å². The van der Waals surface area contributed by atoms with Crippen LogP contribution in [0.3, 0.4) is 0 Å². The van der Waals surface area contributed by atoms with Gasteiger partial charge in [-0.1, -0.05) is 37.3 Å². The van der Waals surface area contributed by atoms with Crippen molar-refractivity contribution < 1.29 is 24.1 Å². The van der Waals surface area contributed by atoms with Crippen LogP contribution in [0.25, 0.3) is 0 Å². The lowest BCUT2D eigenvalue weighted by Gasteiger charge is -2.33. The minimum atomic E-state index is -0.0135. The molecule has 2 aliphatic heterocycles. The summed E-state index contributed by atoms with van der Waals surface area (Å²) in [6.07, 6.45) is 1.02. The van der Waals surface area contributed by atoms with Gasteiger partial charge in [0.25, 0.3) is 5.91 Å². The van der Waals surface area contributed by atoms with Crippen molar-refractivity contribution in [1.82, 2.24) is 5.32 Å². The first-order valence-electron chi connectivity index (χ1n) is 11.5. The number of piperazine rings is 1. The maximum atomic E-state index is 12.8. The third-order valence-electron chi connectivity index (χ3n) is 6.78. The lowest BCUT2D eigenvalue weighted by atomic mass is 9.96. The summed E-state index contributed by atoms with van der Waals surface area (Å²) in [5.74, 6) is 2.23. The Hall–Kier alpha value is -2.57. The third-order valence-corrected chi connectivity index (χ3v) is 6.78. The molecule has 1 saturated heterocycles. The standard InChI is InChI=1S/C25H33N3O3/c1-3-21(22-7-5-4-6-8-22)16-26-25(29)19(2)28-13-11-27(12-14-28)17-20-9-10-23-24(15-20)31-18-30-23/h4-10,15,19,21H,3,11-14,16-18H2,1-2H3,(H,26,29)/p+2/t19-,21-/m0/s1. The summed E-state index contributed by atoms with van der Waals surface area (Å²) in [7, 11) is 0. The third kappa shape index (κ3) is 5.38. The van der Waals surface area contributed by atoms with Crippen LogP contribution in [0.2, 0.25) is 0 Å². The molecular weight excluding hydrogens is 390 g/mol. The summed E-state index contributed by atoms with van der Waals surface area (Å²) in [6, 6.07) is 16.7. The number of quaternary nitrogens is 2. The lowest BCUT2D eigenvalue weighted by molar-refractivity contribution is -1.02. The Morgan fingerprint density at radius 2 is 1.77 bits per heavy atom. The van der Waals surface area contributed by atoms with Crippen LogP contribution in [0.15, 0.2) is 48.5 Å². The highest BCUT2D eigenvalue weighted by Gasteiger charge is 2.31. The molecule has 0 aromatic heterocycles. The van der Waals surface area contributed by atoms with E-state index in [4.69, 9.17) is 9.47 Å². The number of fused-ring (bicyclic) bond motifs is 1. The minimum Gasteiger partial charge on any atom is -0.454 e. The number of benzene rings is 2. The van der Waals surface area contributed by atoms with Crippen LogP contribution in [-0.4, -0.2) is 51.5 Å². The van der Waals surface area contributed by atoms with Crippen molar-refractivity contribution in [3.8, 4) is 11.5 Å². The number of nitrogens with one attached hydrogen (secondary N) is 3. The quantitative estimate of drug-likeness (QED) is 0.574. The number of carbonyl (C=O) groups excluding carboxylic acids is 1. The number of ether oxygens (including phenoxy) is 2. The van der Waals surface area contributed by atoms with Gasteiger partial charge in [-0.05, 0) is 37.1 Å². The van der Waals surface area contributed by atoms with E-state index in [0.29, 0.717) is 19.3 Å². The van der Waals surface area contributed by atoms with E-state index in [2.05, 4.69) is 55.6 Å². The van der Waals surface area contributed by atoms with E-state index in [1.54, 1.807) is 4.90 Å². The number of hydrogen-bond donors (Lipinski definition) is 3. The molecule has 3 N–H and O–H groups in total. The monoisotopic (exact) mass is 425 g/mol. The summed E-state index contributed by atoms with van der Waals surface area (Å²) in [5.41, 5.74) is 2.58. The van der Waals surface area contributed by atoms with Crippen LogP contribution < -0.4 is 24.6 Å². The molecule has 2 heterocycles. The van der Waals surface area contributed by atoms with Gasteiger partial charge in [-0.15, -0.1) is 0 Å². The van der Waals surface area contributed by atoms with Crippen LogP contribution in [0.4, 0.5) is 0 Å². The topological polar surface area (TPSA) is 56.4 Å². The lowest BCUT2D eigenvalue weighted by Crippen LogP contribution is -3.29. The predicted octanol–water partition coefficient (Wildman–Crippen LogP) is 0.397. The SMILES string of the molecule is CC[C@@H](CNC(=O)[C@H](C)[NH+]1CC[NH+](Cc2ccc3c(c2)OCO3)CC1)c1ccccc1. The molecule has 2 aliphatic rings. The maximum Gasteiger partial charge on any atom is 0.278 e. The van der Waals surface area contributed by atoms with Gasteiger partial charge in [-0.2, -0.15) is 0 Å². The zero-order valence-electron chi connectivity index (χ0n) is 18.7. The summed E-state index contributed by atoms with van der Waals surface area (Å²) >= 11 is 0. The normalized spacial score (nSPS) is 22.0. The number of hydrogen-bond acceptors (Lipinski definition) is 3. The first-order chi connectivity index (χ1) is 15.1. The molecule has 2 aromatic rings. The maximum absolute atomic E-state index is 12.8. The van der Waals surface area contributed by atoms with Crippen molar-refractivity contribution in [2.24, 2.45) is 0 Å². The molecule has 166 valence electrons. The average molecular weight is 426 g/mol. The molecule has 2 aromatic carbocycles. The molecule has 0 bridgehead atoms. The Labute approximate surface area is 185 Å². The van der Waals surface area contributed by atoms with E-state index in [0.717, 1.165) is 50.6 Å². The number of amides is 1. The van der Waals surface area contributed by atoms with Gasteiger partial charge >= 0.3 is 0 Å². The molecule has 0 spiro atoms. The molecule has 6 nitrogen and oxygen atoms in total. The molecule has 6 heteroatoms. The average Bonchev–Trinajstić information content (AvgIpc) is 3.28. The molecule has 4 rings (SSSR count). The van der Waals surface area contributed by atoms with E-state index in [9.17, 15) is 4.79 Å². The molecule has 0 radical (unpaired) electrons. The highest BCUT2D eigenvalue weighted by molar-refractivity contribution is 5.80. The van der Waals surface area contributed by atoms with Crippen LogP contribution in [-0.2, 0) is 11.3 Å². The van der Waals surface area contributed by atoms with E-state index >= 15 is 0 Å². The van der Waals surface area contributed by atoms with Gasteiger partial charge in [0.05, 0.1) is 0 Å². The van der Waals surface area contributed by atoms with Crippen molar-refractivity contribution in [3.63, 3.8) is 0 Å². The summed E-state index contributed by atoms with van der Waals surface area (Å²) in [5, 5.41) is 3.21. The Morgan fingerprint density at radius 3 is 2.52 bits per heavy atom. The Morgan fingerprint density at radius 1 is 1.03 bits per heavy atom. The van der Waals surface area contributed by atoms with E-state index in [1.807, 2.05) is 12.1 Å². The first kappa shape index (κ1) is 21.7. The fourth-order valence-corrected chi connectivity index (χ4v) is 4.66. The number of carbonyl (C=O) groups is 1. The highest BCUT2D eigenvalue weighted by atomic mass is 16.7. The Kier molecular flexibility index (Phi) is 7.10. The van der Waals surface area contributed by atoms with Gasteiger partial charge in [-0.3, -0.25) is 4.79 Å². The van der Waals surface area contributed by atoms with Crippen LogP contribution in [0, 0.1) is 0 Å². The van der Waals surface area contributed by atoms with Crippen molar-refractivity contribution in [2.75, 3.05) is 39.5 Å². The number of rotatable bonds is 8. The summed E-state index contributed by atoms with van der Waals surface area (Å²) in [4.78, 5) is 15.8. The first-order valence-corrected chi connectivity index (χ1v) is 11.5. The molecular formula is C25H35N3O3+2. The van der Waals surface area contributed by atoms with Gasteiger partial charge in [0.2, 0.25) is 6.79 Å². The van der Waals surface area contributed by atoms with Gasteiger partial charge in [-0.25, -0.2) is 0 Å². The van der Waals surface area contributed by atoms with E-state index in [1.165, 1.54) is 16.0 Å². The predicted molar refractivity (Wildman–Crippen MR) is 120 cm³/mol. The molecule has 0 aliphatic carbocycles. The second-order valence-corrected chi connectivity index (χ2v) is 8.76. The summed E-state index contributed by atoms with van der Waals surface area (Å²) < 4.78 is 10.9. The van der Waals surface area contributed by atoms with Crippen molar-refractivity contribution >= 4 is 5.91 Å². The fraction of sp³-hybridized carbons (Fsp3) is 0.480.